The monoisotopic (exact) mass is 298 g/mol. The standard InChI is InChI=1S/C18H19ClN2/c1-13-7-6-10-16-18(13)21(17(11-19)20-16)12-14(2)15-8-4-3-5-9-15/h3-10,14H,11-12H2,1-2H3. The van der Waals surface area contributed by atoms with E-state index < -0.39 is 0 Å². The van der Waals surface area contributed by atoms with Gasteiger partial charge in [0.2, 0.25) is 0 Å². The van der Waals surface area contributed by atoms with E-state index in [1.54, 1.807) is 0 Å². The highest BCUT2D eigenvalue weighted by Crippen LogP contribution is 2.25. The molecule has 0 amide bonds. The smallest absolute Gasteiger partial charge is 0.124 e. The van der Waals surface area contributed by atoms with Crippen LogP contribution in [0.25, 0.3) is 11.0 Å². The van der Waals surface area contributed by atoms with E-state index in [9.17, 15) is 0 Å². The van der Waals surface area contributed by atoms with Crippen LogP contribution < -0.4 is 0 Å². The Morgan fingerprint density at radius 1 is 1.10 bits per heavy atom. The average Bonchev–Trinajstić information content (AvgIpc) is 2.87. The molecule has 0 bridgehead atoms. The third kappa shape index (κ3) is 2.68. The molecule has 108 valence electrons. The number of aryl methyl sites for hydroxylation is 1. The lowest BCUT2D eigenvalue weighted by molar-refractivity contribution is 0.594. The van der Waals surface area contributed by atoms with E-state index in [1.165, 1.54) is 16.6 Å². The molecule has 0 aliphatic heterocycles. The van der Waals surface area contributed by atoms with Crippen molar-refractivity contribution in [2.75, 3.05) is 0 Å². The molecule has 0 saturated heterocycles. The first-order valence-electron chi connectivity index (χ1n) is 7.26. The third-order valence-electron chi connectivity index (χ3n) is 3.99. The molecule has 1 atom stereocenters. The molecule has 0 spiro atoms. The average molecular weight is 299 g/mol. The lowest BCUT2D eigenvalue weighted by atomic mass is 10.0. The number of hydrogen-bond acceptors (Lipinski definition) is 1. The van der Waals surface area contributed by atoms with Gasteiger partial charge in [-0.3, -0.25) is 0 Å². The van der Waals surface area contributed by atoms with Crippen LogP contribution >= 0.6 is 11.6 Å². The van der Waals surface area contributed by atoms with Crippen molar-refractivity contribution in [2.45, 2.75) is 32.2 Å². The van der Waals surface area contributed by atoms with Gasteiger partial charge < -0.3 is 4.57 Å². The summed E-state index contributed by atoms with van der Waals surface area (Å²) in [6.07, 6.45) is 0. The van der Waals surface area contributed by atoms with Crippen LogP contribution in [0.15, 0.2) is 48.5 Å². The fourth-order valence-electron chi connectivity index (χ4n) is 2.87. The number of fused-ring (bicyclic) bond motifs is 1. The van der Waals surface area contributed by atoms with E-state index in [2.05, 4.69) is 65.9 Å². The van der Waals surface area contributed by atoms with Crippen molar-refractivity contribution < 1.29 is 0 Å². The van der Waals surface area contributed by atoms with Gasteiger partial charge in [0.1, 0.15) is 5.82 Å². The molecule has 3 rings (SSSR count). The van der Waals surface area contributed by atoms with Gasteiger partial charge in [0.05, 0.1) is 16.9 Å². The van der Waals surface area contributed by atoms with Gasteiger partial charge in [-0.2, -0.15) is 0 Å². The number of benzene rings is 2. The summed E-state index contributed by atoms with van der Waals surface area (Å²) < 4.78 is 2.27. The highest BCUT2D eigenvalue weighted by molar-refractivity contribution is 6.16. The molecule has 0 aliphatic carbocycles. The van der Waals surface area contributed by atoms with Crippen LogP contribution in [0.4, 0.5) is 0 Å². The Morgan fingerprint density at radius 2 is 1.86 bits per heavy atom. The van der Waals surface area contributed by atoms with Crippen molar-refractivity contribution >= 4 is 22.6 Å². The van der Waals surface area contributed by atoms with Gasteiger partial charge in [-0.1, -0.05) is 49.4 Å². The van der Waals surface area contributed by atoms with Gasteiger partial charge in [0.25, 0.3) is 0 Å². The van der Waals surface area contributed by atoms with Crippen LogP contribution in [0.2, 0.25) is 0 Å². The topological polar surface area (TPSA) is 17.8 Å². The molecule has 0 radical (unpaired) electrons. The van der Waals surface area contributed by atoms with Crippen molar-refractivity contribution in [1.82, 2.24) is 9.55 Å². The van der Waals surface area contributed by atoms with Gasteiger partial charge >= 0.3 is 0 Å². The predicted molar refractivity (Wildman–Crippen MR) is 88.9 cm³/mol. The van der Waals surface area contributed by atoms with Crippen molar-refractivity contribution in [3.63, 3.8) is 0 Å². The lowest BCUT2D eigenvalue weighted by Gasteiger charge is -2.16. The summed E-state index contributed by atoms with van der Waals surface area (Å²) >= 11 is 6.10. The lowest BCUT2D eigenvalue weighted by Crippen LogP contribution is -2.09. The summed E-state index contributed by atoms with van der Waals surface area (Å²) in [7, 11) is 0. The maximum Gasteiger partial charge on any atom is 0.124 e. The summed E-state index contributed by atoms with van der Waals surface area (Å²) in [5.41, 5.74) is 4.83. The molecule has 1 aromatic heterocycles. The maximum atomic E-state index is 6.10. The highest BCUT2D eigenvalue weighted by Gasteiger charge is 2.15. The molecule has 0 saturated carbocycles. The number of halogens is 1. The first-order chi connectivity index (χ1) is 10.2. The first kappa shape index (κ1) is 14.2. The van der Waals surface area contributed by atoms with Crippen LogP contribution in [0, 0.1) is 6.92 Å². The summed E-state index contributed by atoms with van der Waals surface area (Å²) in [5, 5.41) is 0. The number of hydrogen-bond donors (Lipinski definition) is 0. The van der Waals surface area contributed by atoms with E-state index >= 15 is 0 Å². The van der Waals surface area contributed by atoms with Crippen LogP contribution in [0.5, 0.6) is 0 Å². The third-order valence-corrected chi connectivity index (χ3v) is 4.23. The summed E-state index contributed by atoms with van der Waals surface area (Å²) in [5.74, 6) is 1.81. The molecule has 0 N–H and O–H groups in total. The van der Waals surface area contributed by atoms with Crippen molar-refractivity contribution in [3.05, 3.63) is 65.5 Å². The second kappa shape index (κ2) is 5.90. The molecule has 0 aliphatic rings. The minimum Gasteiger partial charge on any atom is -0.326 e. The Morgan fingerprint density at radius 3 is 2.57 bits per heavy atom. The van der Waals surface area contributed by atoms with E-state index in [1.807, 2.05) is 6.07 Å². The van der Waals surface area contributed by atoms with Gasteiger partial charge in [-0.25, -0.2) is 4.98 Å². The number of rotatable bonds is 4. The largest absolute Gasteiger partial charge is 0.326 e. The van der Waals surface area contributed by atoms with Crippen molar-refractivity contribution in [2.24, 2.45) is 0 Å². The van der Waals surface area contributed by atoms with Gasteiger partial charge in [0.15, 0.2) is 0 Å². The Hall–Kier alpha value is -1.80. The number of imidazole rings is 1. The molecular weight excluding hydrogens is 280 g/mol. The highest BCUT2D eigenvalue weighted by atomic mass is 35.5. The van der Waals surface area contributed by atoms with E-state index in [0.29, 0.717) is 11.8 Å². The summed E-state index contributed by atoms with van der Waals surface area (Å²) in [6.45, 7) is 5.27. The molecule has 2 nitrogen and oxygen atoms in total. The molecule has 3 aromatic rings. The van der Waals surface area contributed by atoms with Gasteiger partial charge in [-0.05, 0) is 30.0 Å². The molecule has 0 fully saturated rings. The maximum absolute atomic E-state index is 6.10. The number of nitrogens with zero attached hydrogens (tertiary/aromatic N) is 2. The fourth-order valence-corrected chi connectivity index (χ4v) is 3.08. The molecule has 21 heavy (non-hydrogen) atoms. The van der Waals surface area contributed by atoms with Crippen molar-refractivity contribution in [3.8, 4) is 0 Å². The molecule has 2 aromatic carbocycles. The SMILES string of the molecule is Cc1cccc2nc(CCl)n(CC(C)c3ccccc3)c12. The van der Waals surface area contributed by atoms with Gasteiger partial charge in [-0.15, -0.1) is 11.6 Å². The molecular formula is C18H19ClN2. The van der Waals surface area contributed by atoms with E-state index in [0.717, 1.165) is 17.9 Å². The quantitative estimate of drug-likeness (QED) is 0.627. The minimum atomic E-state index is 0.421. The number of aromatic nitrogens is 2. The second-order valence-electron chi connectivity index (χ2n) is 5.53. The second-order valence-corrected chi connectivity index (χ2v) is 5.79. The molecule has 3 heteroatoms. The van der Waals surface area contributed by atoms with Crippen molar-refractivity contribution in [1.29, 1.82) is 0 Å². The zero-order valence-corrected chi connectivity index (χ0v) is 13.1. The predicted octanol–water partition coefficient (Wildman–Crippen LogP) is 4.89. The van der Waals surface area contributed by atoms with Gasteiger partial charge in [0, 0.05) is 6.54 Å². The van der Waals surface area contributed by atoms with Crippen LogP contribution in [-0.4, -0.2) is 9.55 Å². The van der Waals surface area contributed by atoms with E-state index in [4.69, 9.17) is 11.6 Å². The zero-order valence-electron chi connectivity index (χ0n) is 12.4. The van der Waals surface area contributed by atoms with Crippen LogP contribution in [0.1, 0.15) is 29.8 Å². The Bertz CT molecular complexity index is 747. The molecule has 1 unspecified atom stereocenters. The number of alkyl halides is 1. The normalized spacial score (nSPS) is 12.7. The first-order valence-corrected chi connectivity index (χ1v) is 7.79. The molecule has 1 heterocycles. The number of para-hydroxylation sites is 1. The zero-order chi connectivity index (χ0) is 14.8. The Labute approximate surface area is 130 Å². The van der Waals surface area contributed by atoms with Crippen LogP contribution in [0.3, 0.4) is 0 Å². The Balaban J connectivity index is 2.03. The van der Waals surface area contributed by atoms with E-state index in [-0.39, 0.29) is 0 Å². The Kier molecular flexibility index (Phi) is 3.98. The van der Waals surface area contributed by atoms with Crippen LogP contribution in [-0.2, 0) is 12.4 Å². The summed E-state index contributed by atoms with van der Waals surface area (Å²) in [6, 6.07) is 16.8. The summed E-state index contributed by atoms with van der Waals surface area (Å²) in [4.78, 5) is 4.67. The fraction of sp³-hybridized carbons (Fsp3) is 0.278. The minimum absolute atomic E-state index is 0.421.